The molecule has 3 atom stereocenters. The van der Waals surface area contributed by atoms with Gasteiger partial charge in [0.15, 0.2) is 5.75 Å². The van der Waals surface area contributed by atoms with Crippen molar-refractivity contribution in [2.75, 3.05) is 21.2 Å². The molecule has 5 nitrogen and oxygen atoms in total. The molecule has 1 aromatic rings. The van der Waals surface area contributed by atoms with Gasteiger partial charge in [-0.25, -0.2) is 0 Å². The Hall–Kier alpha value is -1.07. The molecule has 21 heavy (non-hydrogen) atoms. The Kier molecular flexibility index (Phi) is 4.94. The molecule has 0 radical (unpaired) electrons. The normalized spacial score (nSPS) is 27.9. The Bertz CT molecular complexity index is 449. The standard InChI is InChI=1S/C16H30N4O/c1-6-20-14(13(21-5)11-18-20)15(17)16(19(3)4)9-7-8-12(2)10-16/h11-12,15H,6-10,17H2,1-5H3. The fourth-order valence-electron chi connectivity index (χ4n) is 3.89. The molecule has 1 heterocycles. The minimum absolute atomic E-state index is 0.0160. The Morgan fingerprint density at radius 1 is 1.57 bits per heavy atom. The van der Waals surface area contributed by atoms with Crippen molar-refractivity contribution < 1.29 is 4.74 Å². The topological polar surface area (TPSA) is 56.3 Å². The summed E-state index contributed by atoms with van der Waals surface area (Å²) in [6, 6.07) is -0.0901. The first kappa shape index (κ1) is 16.3. The SMILES string of the molecule is CCn1ncc(OC)c1C(N)C1(N(C)C)CCCC(C)C1. The van der Waals surface area contributed by atoms with Gasteiger partial charge in [0.1, 0.15) is 0 Å². The van der Waals surface area contributed by atoms with Gasteiger partial charge in [-0.2, -0.15) is 5.10 Å². The number of hydrogen-bond donors (Lipinski definition) is 1. The van der Waals surface area contributed by atoms with Gasteiger partial charge in [-0.1, -0.05) is 19.8 Å². The maximum atomic E-state index is 6.78. The summed E-state index contributed by atoms with van der Waals surface area (Å²) in [6.07, 6.45) is 6.57. The minimum atomic E-state index is -0.0901. The summed E-state index contributed by atoms with van der Waals surface area (Å²) < 4.78 is 7.49. The van der Waals surface area contributed by atoms with Gasteiger partial charge in [-0.15, -0.1) is 0 Å². The summed E-state index contributed by atoms with van der Waals surface area (Å²) in [7, 11) is 5.99. The average molecular weight is 294 g/mol. The zero-order valence-electron chi connectivity index (χ0n) is 14.1. The Balaban J connectivity index is 2.43. The van der Waals surface area contributed by atoms with E-state index >= 15 is 0 Å². The lowest BCUT2D eigenvalue weighted by molar-refractivity contribution is 0.0464. The van der Waals surface area contributed by atoms with Crippen molar-refractivity contribution in [3.8, 4) is 5.75 Å². The van der Waals surface area contributed by atoms with E-state index in [4.69, 9.17) is 10.5 Å². The van der Waals surface area contributed by atoms with Gasteiger partial charge >= 0.3 is 0 Å². The van der Waals surface area contributed by atoms with E-state index in [1.807, 2.05) is 4.68 Å². The van der Waals surface area contributed by atoms with E-state index in [1.165, 1.54) is 12.8 Å². The molecular formula is C16H30N4O. The molecule has 2 rings (SSSR count). The van der Waals surface area contributed by atoms with Crippen LogP contribution in [0.5, 0.6) is 5.75 Å². The van der Waals surface area contributed by atoms with Crippen LogP contribution in [0.2, 0.25) is 0 Å². The number of methoxy groups -OCH3 is 1. The molecule has 1 aromatic heterocycles. The van der Waals surface area contributed by atoms with Crippen LogP contribution in [0, 0.1) is 5.92 Å². The van der Waals surface area contributed by atoms with Crippen LogP contribution in [0.1, 0.15) is 51.3 Å². The number of ether oxygens (including phenoxy) is 1. The molecule has 1 aliphatic rings. The molecule has 0 aromatic carbocycles. The fraction of sp³-hybridized carbons (Fsp3) is 0.812. The van der Waals surface area contributed by atoms with Gasteiger partial charge in [-0.3, -0.25) is 4.68 Å². The van der Waals surface area contributed by atoms with Crippen molar-refractivity contribution in [3.05, 3.63) is 11.9 Å². The van der Waals surface area contributed by atoms with Crippen LogP contribution < -0.4 is 10.5 Å². The van der Waals surface area contributed by atoms with Crippen LogP contribution in [0.25, 0.3) is 0 Å². The molecule has 0 bridgehead atoms. The van der Waals surface area contributed by atoms with Crippen LogP contribution in [0.3, 0.4) is 0 Å². The number of hydrogen-bond acceptors (Lipinski definition) is 4. The highest BCUT2D eigenvalue weighted by molar-refractivity contribution is 5.31. The highest BCUT2D eigenvalue weighted by Crippen LogP contribution is 2.44. The van der Waals surface area contributed by atoms with Gasteiger partial charge in [0.25, 0.3) is 0 Å². The highest BCUT2D eigenvalue weighted by Gasteiger charge is 2.44. The van der Waals surface area contributed by atoms with Crippen molar-refractivity contribution in [2.24, 2.45) is 11.7 Å². The molecule has 3 unspecified atom stereocenters. The summed E-state index contributed by atoms with van der Waals surface area (Å²) in [4.78, 5) is 2.32. The number of nitrogens with two attached hydrogens (primary N) is 1. The molecule has 0 saturated heterocycles. The first-order chi connectivity index (χ1) is 9.96. The smallest absolute Gasteiger partial charge is 0.161 e. The second kappa shape index (κ2) is 6.36. The Morgan fingerprint density at radius 2 is 2.29 bits per heavy atom. The van der Waals surface area contributed by atoms with E-state index in [2.05, 4.69) is 37.9 Å². The summed E-state index contributed by atoms with van der Waals surface area (Å²) in [5.41, 5.74) is 7.80. The van der Waals surface area contributed by atoms with Crippen LogP contribution in [-0.4, -0.2) is 41.4 Å². The summed E-state index contributed by atoms with van der Waals surface area (Å²) in [5.74, 6) is 1.51. The van der Waals surface area contributed by atoms with E-state index in [0.29, 0.717) is 5.92 Å². The molecule has 5 heteroatoms. The zero-order chi connectivity index (χ0) is 15.6. The largest absolute Gasteiger partial charge is 0.493 e. The predicted octanol–water partition coefficient (Wildman–Crippen LogP) is 2.42. The maximum absolute atomic E-state index is 6.78. The van der Waals surface area contributed by atoms with Crippen molar-refractivity contribution in [3.63, 3.8) is 0 Å². The summed E-state index contributed by atoms with van der Waals surface area (Å²) in [5, 5.41) is 4.42. The third-order valence-electron chi connectivity index (χ3n) is 5.14. The number of nitrogens with zero attached hydrogens (tertiary/aromatic N) is 3. The van der Waals surface area contributed by atoms with E-state index in [-0.39, 0.29) is 11.6 Å². The van der Waals surface area contributed by atoms with Gasteiger partial charge in [0, 0.05) is 12.1 Å². The quantitative estimate of drug-likeness (QED) is 0.906. The molecule has 1 saturated carbocycles. The molecule has 0 aliphatic heterocycles. The molecular weight excluding hydrogens is 264 g/mol. The van der Waals surface area contributed by atoms with Crippen LogP contribution in [0.15, 0.2) is 6.20 Å². The van der Waals surface area contributed by atoms with Crippen molar-refractivity contribution >= 4 is 0 Å². The van der Waals surface area contributed by atoms with Crippen molar-refractivity contribution in [1.82, 2.24) is 14.7 Å². The lowest BCUT2D eigenvalue weighted by atomic mass is 9.70. The number of aromatic nitrogens is 2. The second-order valence-electron chi connectivity index (χ2n) is 6.59. The molecule has 1 fully saturated rings. The zero-order valence-corrected chi connectivity index (χ0v) is 14.1. The van der Waals surface area contributed by atoms with E-state index in [9.17, 15) is 0 Å². The van der Waals surface area contributed by atoms with Crippen LogP contribution in [-0.2, 0) is 6.54 Å². The van der Waals surface area contributed by atoms with E-state index in [1.54, 1.807) is 13.3 Å². The highest BCUT2D eigenvalue weighted by atomic mass is 16.5. The van der Waals surface area contributed by atoms with Gasteiger partial charge in [-0.05, 0) is 39.8 Å². The average Bonchev–Trinajstić information content (AvgIpc) is 2.88. The third kappa shape index (κ3) is 2.81. The van der Waals surface area contributed by atoms with Crippen LogP contribution in [0.4, 0.5) is 0 Å². The Morgan fingerprint density at radius 3 is 2.81 bits per heavy atom. The van der Waals surface area contributed by atoms with E-state index in [0.717, 1.165) is 30.8 Å². The van der Waals surface area contributed by atoms with Crippen molar-refractivity contribution in [1.29, 1.82) is 0 Å². The fourth-order valence-corrected chi connectivity index (χ4v) is 3.89. The maximum Gasteiger partial charge on any atom is 0.161 e. The number of rotatable bonds is 5. The van der Waals surface area contributed by atoms with Gasteiger partial charge in [0.2, 0.25) is 0 Å². The van der Waals surface area contributed by atoms with Crippen LogP contribution >= 0.6 is 0 Å². The summed E-state index contributed by atoms with van der Waals surface area (Å²) >= 11 is 0. The number of aryl methyl sites for hydroxylation is 1. The Labute approximate surface area is 128 Å². The van der Waals surface area contributed by atoms with Gasteiger partial charge in [0.05, 0.1) is 25.0 Å². The first-order valence-electron chi connectivity index (χ1n) is 7.99. The van der Waals surface area contributed by atoms with Crippen molar-refractivity contribution in [2.45, 2.75) is 57.7 Å². The second-order valence-corrected chi connectivity index (χ2v) is 6.59. The molecule has 0 spiro atoms. The molecule has 2 N–H and O–H groups in total. The molecule has 1 aliphatic carbocycles. The lowest BCUT2D eigenvalue weighted by Gasteiger charge is -2.49. The lowest BCUT2D eigenvalue weighted by Crippen LogP contribution is -2.55. The minimum Gasteiger partial charge on any atom is -0.493 e. The molecule has 0 amide bonds. The van der Waals surface area contributed by atoms with Gasteiger partial charge < -0.3 is 15.4 Å². The predicted molar refractivity (Wildman–Crippen MR) is 85.4 cm³/mol. The van der Waals surface area contributed by atoms with E-state index < -0.39 is 0 Å². The third-order valence-corrected chi connectivity index (χ3v) is 5.14. The monoisotopic (exact) mass is 294 g/mol. The summed E-state index contributed by atoms with van der Waals surface area (Å²) in [6.45, 7) is 5.23. The molecule has 120 valence electrons. The number of likely N-dealkylation sites (N-methyl/N-ethyl adjacent to an activating group) is 1. The first-order valence-corrected chi connectivity index (χ1v) is 7.99.